The van der Waals surface area contributed by atoms with Gasteiger partial charge >= 0.3 is 0 Å². The van der Waals surface area contributed by atoms with Crippen molar-refractivity contribution >= 4 is 23.4 Å². The summed E-state index contributed by atoms with van der Waals surface area (Å²) in [5.74, 6) is 0.998. The minimum absolute atomic E-state index is 0.150. The van der Waals surface area contributed by atoms with Crippen LogP contribution in [0.25, 0.3) is 0 Å². The summed E-state index contributed by atoms with van der Waals surface area (Å²) in [4.78, 5) is 0. The van der Waals surface area contributed by atoms with E-state index in [1.165, 1.54) is 16.7 Å². The monoisotopic (exact) mass is 303 g/mol. The molecule has 0 bridgehead atoms. The summed E-state index contributed by atoms with van der Waals surface area (Å²) >= 11 is 7.87. The van der Waals surface area contributed by atoms with Gasteiger partial charge in [0.15, 0.2) is 0 Å². The van der Waals surface area contributed by atoms with E-state index in [9.17, 15) is 0 Å². The van der Waals surface area contributed by atoms with Crippen LogP contribution in [0, 0.1) is 0 Å². The Labute approximate surface area is 129 Å². The lowest BCUT2D eigenvalue weighted by molar-refractivity contribution is 0.586. The highest BCUT2D eigenvalue weighted by Crippen LogP contribution is 2.36. The van der Waals surface area contributed by atoms with Gasteiger partial charge in [-0.1, -0.05) is 48.0 Å². The molecule has 2 aromatic rings. The minimum atomic E-state index is 0.150. The molecule has 3 rings (SSSR count). The van der Waals surface area contributed by atoms with Gasteiger partial charge in [-0.25, -0.2) is 0 Å². The molecule has 0 fully saturated rings. The van der Waals surface area contributed by atoms with E-state index in [-0.39, 0.29) is 6.04 Å². The van der Waals surface area contributed by atoms with Gasteiger partial charge in [0.1, 0.15) is 0 Å². The number of rotatable bonds is 3. The van der Waals surface area contributed by atoms with E-state index in [1.54, 1.807) is 0 Å². The number of halogens is 1. The molecule has 0 spiro atoms. The smallest absolute Gasteiger partial charge is 0.0418 e. The largest absolute Gasteiger partial charge is 0.323 e. The predicted molar refractivity (Wildman–Crippen MR) is 88.2 cm³/mol. The second-order valence-corrected chi connectivity index (χ2v) is 6.90. The molecule has 0 aliphatic heterocycles. The number of hydrogen-bond acceptors (Lipinski definition) is 2. The molecule has 1 aliphatic rings. The van der Waals surface area contributed by atoms with E-state index in [0.29, 0.717) is 5.25 Å². The quantitative estimate of drug-likeness (QED) is 0.897. The summed E-state index contributed by atoms with van der Waals surface area (Å²) in [6.07, 6.45) is 2.30. The van der Waals surface area contributed by atoms with Crippen molar-refractivity contribution in [1.29, 1.82) is 0 Å². The highest BCUT2D eigenvalue weighted by molar-refractivity contribution is 7.99. The molecule has 2 aromatic carbocycles. The Hall–Kier alpha value is -0.960. The standard InChI is InChI=1S/C17H18ClNS/c18-14-8-5-12(6-9-14)11-20-16-10-7-13-3-1-2-4-15(13)17(16)19/h1-6,8-9,16-17H,7,10-11,19H2. The third kappa shape index (κ3) is 3.03. The maximum Gasteiger partial charge on any atom is 0.0418 e. The molecule has 0 aromatic heterocycles. The number of hydrogen-bond donors (Lipinski definition) is 1. The highest BCUT2D eigenvalue weighted by atomic mass is 35.5. The molecule has 1 aliphatic carbocycles. The van der Waals surface area contributed by atoms with Gasteiger partial charge in [-0.3, -0.25) is 0 Å². The van der Waals surface area contributed by atoms with Crippen molar-refractivity contribution < 1.29 is 0 Å². The van der Waals surface area contributed by atoms with Crippen molar-refractivity contribution in [2.24, 2.45) is 5.73 Å². The Morgan fingerprint density at radius 2 is 1.85 bits per heavy atom. The minimum Gasteiger partial charge on any atom is -0.323 e. The van der Waals surface area contributed by atoms with Gasteiger partial charge < -0.3 is 5.73 Å². The Kier molecular flexibility index (Phi) is 4.35. The van der Waals surface area contributed by atoms with Crippen LogP contribution in [0.2, 0.25) is 5.02 Å². The molecular formula is C17H18ClNS. The van der Waals surface area contributed by atoms with Gasteiger partial charge in [-0.2, -0.15) is 11.8 Å². The van der Waals surface area contributed by atoms with E-state index in [1.807, 2.05) is 23.9 Å². The molecule has 2 N–H and O–H groups in total. The van der Waals surface area contributed by atoms with Gasteiger partial charge in [0.2, 0.25) is 0 Å². The second-order valence-electron chi connectivity index (χ2n) is 5.24. The van der Waals surface area contributed by atoms with Crippen LogP contribution < -0.4 is 5.73 Å². The zero-order valence-corrected chi connectivity index (χ0v) is 12.8. The topological polar surface area (TPSA) is 26.0 Å². The Morgan fingerprint density at radius 1 is 1.10 bits per heavy atom. The third-order valence-corrected chi connectivity index (χ3v) is 5.60. The van der Waals surface area contributed by atoms with E-state index < -0.39 is 0 Å². The highest BCUT2D eigenvalue weighted by Gasteiger charge is 2.26. The lowest BCUT2D eigenvalue weighted by atomic mass is 9.88. The van der Waals surface area contributed by atoms with Crippen molar-refractivity contribution in [2.45, 2.75) is 29.9 Å². The van der Waals surface area contributed by atoms with Crippen LogP contribution in [0.4, 0.5) is 0 Å². The van der Waals surface area contributed by atoms with Gasteiger partial charge in [0, 0.05) is 22.1 Å². The summed E-state index contributed by atoms with van der Waals surface area (Å²) in [7, 11) is 0. The zero-order chi connectivity index (χ0) is 13.9. The summed E-state index contributed by atoms with van der Waals surface area (Å²) < 4.78 is 0. The Morgan fingerprint density at radius 3 is 2.65 bits per heavy atom. The molecule has 0 radical (unpaired) electrons. The fourth-order valence-corrected chi connectivity index (χ4v) is 4.10. The number of nitrogens with two attached hydrogens (primary N) is 1. The summed E-state index contributed by atoms with van der Waals surface area (Å²) in [5.41, 5.74) is 10.5. The SMILES string of the molecule is NC1c2ccccc2CCC1SCc1ccc(Cl)cc1. The first-order chi connectivity index (χ1) is 9.74. The Bertz CT molecular complexity index is 582. The molecule has 0 saturated heterocycles. The van der Waals surface area contributed by atoms with Crippen LogP contribution in [0.1, 0.15) is 29.2 Å². The van der Waals surface area contributed by atoms with Crippen molar-refractivity contribution in [3.63, 3.8) is 0 Å². The molecule has 0 amide bonds. The number of aryl methyl sites for hydroxylation is 1. The van der Waals surface area contributed by atoms with Crippen LogP contribution in [-0.2, 0) is 12.2 Å². The fraction of sp³-hybridized carbons (Fsp3) is 0.294. The van der Waals surface area contributed by atoms with Crippen LogP contribution in [0.5, 0.6) is 0 Å². The van der Waals surface area contributed by atoms with Crippen LogP contribution >= 0.6 is 23.4 Å². The molecule has 20 heavy (non-hydrogen) atoms. The molecule has 3 heteroatoms. The van der Waals surface area contributed by atoms with Crippen LogP contribution in [0.3, 0.4) is 0 Å². The first kappa shape index (κ1) is 14.0. The number of fused-ring (bicyclic) bond motifs is 1. The van der Waals surface area contributed by atoms with E-state index in [0.717, 1.165) is 23.6 Å². The lowest BCUT2D eigenvalue weighted by Crippen LogP contribution is -2.29. The van der Waals surface area contributed by atoms with Gasteiger partial charge in [0.05, 0.1) is 0 Å². The maximum atomic E-state index is 6.44. The van der Waals surface area contributed by atoms with E-state index in [4.69, 9.17) is 17.3 Å². The third-order valence-electron chi connectivity index (χ3n) is 3.89. The first-order valence-corrected chi connectivity index (χ1v) is 8.36. The van der Waals surface area contributed by atoms with Crippen LogP contribution in [-0.4, -0.2) is 5.25 Å². The molecule has 0 saturated carbocycles. The summed E-state index contributed by atoms with van der Waals surface area (Å²) in [5, 5.41) is 1.29. The molecule has 1 nitrogen and oxygen atoms in total. The van der Waals surface area contributed by atoms with Gasteiger partial charge in [-0.15, -0.1) is 0 Å². The van der Waals surface area contributed by atoms with E-state index in [2.05, 4.69) is 36.4 Å². The molecule has 2 atom stereocenters. The van der Waals surface area contributed by atoms with Crippen molar-refractivity contribution in [3.8, 4) is 0 Å². The number of benzene rings is 2. The first-order valence-electron chi connectivity index (χ1n) is 6.93. The van der Waals surface area contributed by atoms with Crippen molar-refractivity contribution in [3.05, 3.63) is 70.2 Å². The predicted octanol–water partition coefficient (Wildman–Crippen LogP) is 4.59. The second kappa shape index (κ2) is 6.21. The molecular weight excluding hydrogens is 286 g/mol. The van der Waals surface area contributed by atoms with Crippen molar-refractivity contribution in [1.82, 2.24) is 0 Å². The van der Waals surface area contributed by atoms with E-state index >= 15 is 0 Å². The molecule has 0 heterocycles. The van der Waals surface area contributed by atoms with Crippen molar-refractivity contribution in [2.75, 3.05) is 0 Å². The Balaban J connectivity index is 1.66. The normalized spacial score (nSPS) is 21.5. The molecule has 2 unspecified atom stereocenters. The average molecular weight is 304 g/mol. The molecule has 104 valence electrons. The number of thioether (sulfide) groups is 1. The lowest BCUT2D eigenvalue weighted by Gasteiger charge is -2.30. The summed E-state index contributed by atoms with van der Waals surface area (Å²) in [6.45, 7) is 0. The fourth-order valence-electron chi connectivity index (χ4n) is 2.74. The van der Waals surface area contributed by atoms with Gasteiger partial charge in [-0.05, 0) is 41.7 Å². The van der Waals surface area contributed by atoms with Crippen LogP contribution in [0.15, 0.2) is 48.5 Å². The average Bonchev–Trinajstić information content (AvgIpc) is 2.49. The zero-order valence-electron chi connectivity index (χ0n) is 11.3. The maximum absolute atomic E-state index is 6.44. The summed E-state index contributed by atoms with van der Waals surface area (Å²) in [6, 6.07) is 16.8. The van der Waals surface area contributed by atoms with Gasteiger partial charge in [0.25, 0.3) is 0 Å².